The number of likely N-dealkylation sites (tertiary alicyclic amines) is 1. The van der Waals surface area contributed by atoms with Crippen LogP contribution in [0.3, 0.4) is 0 Å². The second kappa shape index (κ2) is 17.3. The number of rotatable bonds is 11. The zero-order valence-electron chi connectivity index (χ0n) is 31.7. The van der Waals surface area contributed by atoms with E-state index in [1.54, 1.807) is 71.8 Å². The highest BCUT2D eigenvalue weighted by Gasteiger charge is 2.27. The number of H-pyrrole nitrogens is 1. The highest BCUT2D eigenvalue weighted by molar-refractivity contribution is 6.00. The van der Waals surface area contributed by atoms with E-state index in [4.69, 9.17) is 9.72 Å². The maximum Gasteiger partial charge on any atom is 0.326 e. The molecule has 14 heteroatoms. The van der Waals surface area contributed by atoms with Crippen LogP contribution in [0.5, 0.6) is 11.5 Å². The number of aliphatic hydroxyl groups excluding tert-OH is 1. The standard InChI is InChI=1S/C44H44FN5O7.ClH/c45-36-23-33(57-25-26-5-4-6-28(19-26)43(54)49-17-15-31(51)16-18-49)11-12-34(36)41-47-38-20-27(9-14-40(38)50(41)30-7-2-1-3-8-30)42(53)48-39(44(55)56)21-29-24-46-37-13-10-32(52)22-35(29)37;/h4-6,9-14,19-20,22-24,30-31,39,46,51-52H,1-3,7-8,15-18,21,25H2,(H,48,53)(H,55,56);1H. The number of amides is 2. The molecule has 2 amide bonds. The second-order valence-corrected chi connectivity index (χ2v) is 15.1. The molecule has 0 spiro atoms. The number of nitrogens with zero attached hydrogens (tertiary/aromatic N) is 3. The van der Waals surface area contributed by atoms with Crippen molar-refractivity contribution < 1.29 is 38.8 Å². The van der Waals surface area contributed by atoms with Crippen LogP contribution in [-0.2, 0) is 17.8 Å². The van der Waals surface area contributed by atoms with Crippen molar-refractivity contribution in [3.05, 3.63) is 113 Å². The summed E-state index contributed by atoms with van der Waals surface area (Å²) in [6, 6.07) is 20.5. The highest BCUT2D eigenvalue weighted by Crippen LogP contribution is 2.38. The molecule has 1 unspecified atom stereocenters. The van der Waals surface area contributed by atoms with Crippen LogP contribution in [0.15, 0.2) is 85.1 Å². The van der Waals surface area contributed by atoms with Crippen molar-refractivity contribution >= 4 is 52.1 Å². The van der Waals surface area contributed by atoms with Crippen molar-refractivity contribution in [1.82, 2.24) is 24.8 Å². The zero-order valence-corrected chi connectivity index (χ0v) is 32.5. The third kappa shape index (κ3) is 8.51. The molecule has 2 fully saturated rings. The van der Waals surface area contributed by atoms with Crippen molar-refractivity contribution in [3.63, 3.8) is 0 Å². The van der Waals surface area contributed by atoms with Crippen LogP contribution >= 0.6 is 12.4 Å². The Hall–Kier alpha value is -5.92. The number of hydrogen-bond acceptors (Lipinski definition) is 7. The molecule has 8 rings (SSSR count). The number of carbonyl (C=O) groups is 3. The molecule has 1 saturated carbocycles. The largest absolute Gasteiger partial charge is 0.508 e. The van der Waals surface area contributed by atoms with Crippen molar-refractivity contribution in [1.29, 1.82) is 0 Å². The number of phenolic OH excluding ortho intramolecular Hbond substituents is 1. The average molecular weight is 810 g/mol. The summed E-state index contributed by atoms with van der Waals surface area (Å²) in [7, 11) is 0. The number of aromatic amines is 1. The van der Waals surface area contributed by atoms with Gasteiger partial charge < -0.3 is 39.8 Å². The van der Waals surface area contributed by atoms with Crippen molar-refractivity contribution in [2.45, 2.75) is 76.2 Å². The van der Waals surface area contributed by atoms with E-state index in [0.717, 1.165) is 48.7 Å². The molecule has 1 aliphatic heterocycles. The molecule has 302 valence electrons. The Kier molecular flexibility index (Phi) is 12.0. The van der Waals surface area contributed by atoms with Gasteiger partial charge in [0, 0.05) is 59.8 Å². The number of aromatic hydroxyl groups is 1. The molecule has 0 bridgehead atoms. The average Bonchev–Trinajstić information content (AvgIpc) is 3.80. The molecule has 2 aliphatic rings. The summed E-state index contributed by atoms with van der Waals surface area (Å²) in [5, 5.41) is 33.1. The summed E-state index contributed by atoms with van der Waals surface area (Å²) in [4.78, 5) is 48.6. The van der Waals surface area contributed by atoms with Crippen molar-refractivity contribution in [3.8, 4) is 22.9 Å². The number of carboxylic acid groups (broad SMARTS) is 1. The van der Waals surface area contributed by atoms with E-state index in [0.29, 0.717) is 59.5 Å². The molecule has 12 nitrogen and oxygen atoms in total. The van der Waals surface area contributed by atoms with Crippen LogP contribution in [0.4, 0.5) is 4.39 Å². The number of phenols is 1. The molecular formula is C44H45ClFN5O7. The van der Waals surface area contributed by atoms with Crippen LogP contribution < -0.4 is 10.1 Å². The molecule has 0 radical (unpaired) electrons. The van der Waals surface area contributed by atoms with E-state index >= 15 is 4.39 Å². The van der Waals surface area contributed by atoms with Crippen LogP contribution in [0.25, 0.3) is 33.3 Å². The normalized spacial score (nSPS) is 15.6. The number of aromatic nitrogens is 3. The molecule has 1 atom stereocenters. The fraction of sp³-hybridized carbons (Fsp3) is 0.318. The first kappa shape index (κ1) is 40.3. The van der Waals surface area contributed by atoms with E-state index in [2.05, 4.69) is 14.9 Å². The molecule has 1 aliphatic carbocycles. The van der Waals surface area contributed by atoms with Gasteiger partial charge in [0.05, 0.1) is 22.7 Å². The number of fused-ring (bicyclic) bond motifs is 2. The van der Waals surface area contributed by atoms with Gasteiger partial charge >= 0.3 is 5.97 Å². The summed E-state index contributed by atoms with van der Waals surface area (Å²) in [5.41, 5.74) is 4.39. The van der Waals surface area contributed by atoms with Gasteiger partial charge in [0.1, 0.15) is 35.8 Å². The Bertz CT molecular complexity index is 2470. The zero-order chi connectivity index (χ0) is 39.6. The van der Waals surface area contributed by atoms with E-state index in [9.17, 15) is 29.7 Å². The van der Waals surface area contributed by atoms with Crippen molar-refractivity contribution in [2.75, 3.05) is 13.1 Å². The third-order valence-electron chi connectivity index (χ3n) is 11.2. The Morgan fingerprint density at radius 1 is 0.931 bits per heavy atom. The lowest BCUT2D eigenvalue weighted by molar-refractivity contribution is -0.139. The van der Waals surface area contributed by atoms with Gasteiger partial charge in [-0.2, -0.15) is 0 Å². The van der Waals surface area contributed by atoms with Crippen LogP contribution in [0.1, 0.15) is 82.8 Å². The molecule has 58 heavy (non-hydrogen) atoms. The second-order valence-electron chi connectivity index (χ2n) is 15.1. The fourth-order valence-electron chi connectivity index (χ4n) is 8.11. The maximum absolute atomic E-state index is 16.1. The van der Waals surface area contributed by atoms with Gasteiger partial charge in [-0.15, -0.1) is 12.4 Å². The van der Waals surface area contributed by atoms with Gasteiger partial charge in [0.15, 0.2) is 0 Å². The Labute approximate surface area is 340 Å². The summed E-state index contributed by atoms with van der Waals surface area (Å²) >= 11 is 0. The summed E-state index contributed by atoms with van der Waals surface area (Å²) in [6.07, 6.45) is 7.37. The number of ether oxygens (including phenoxy) is 1. The molecule has 4 aromatic carbocycles. The number of aliphatic hydroxyl groups is 1. The summed E-state index contributed by atoms with van der Waals surface area (Å²) < 4.78 is 24.2. The minimum atomic E-state index is -1.25. The van der Waals surface area contributed by atoms with Gasteiger partial charge in [0.25, 0.3) is 11.8 Å². The number of halogens is 2. The van der Waals surface area contributed by atoms with Gasteiger partial charge in [-0.3, -0.25) is 9.59 Å². The number of aliphatic carboxylic acids is 1. The number of imidazole rings is 1. The lowest BCUT2D eigenvalue weighted by Crippen LogP contribution is -2.42. The van der Waals surface area contributed by atoms with Crippen LogP contribution in [0, 0.1) is 5.82 Å². The van der Waals surface area contributed by atoms with Gasteiger partial charge in [-0.25, -0.2) is 14.2 Å². The number of carboxylic acids is 1. The molecular weight excluding hydrogens is 765 g/mol. The molecule has 3 heterocycles. The van der Waals surface area contributed by atoms with Gasteiger partial charge in [-0.1, -0.05) is 31.4 Å². The summed E-state index contributed by atoms with van der Waals surface area (Å²) in [6.45, 7) is 1.13. The van der Waals surface area contributed by atoms with Crippen LogP contribution in [-0.4, -0.2) is 77.8 Å². The molecule has 6 aromatic rings. The summed E-state index contributed by atoms with van der Waals surface area (Å²) in [5.74, 6) is -1.62. The molecule has 2 aromatic heterocycles. The van der Waals surface area contributed by atoms with Gasteiger partial charge in [0.2, 0.25) is 0 Å². The smallest absolute Gasteiger partial charge is 0.326 e. The minimum Gasteiger partial charge on any atom is -0.508 e. The lowest BCUT2D eigenvalue weighted by Gasteiger charge is -2.29. The highest BCUT2D eigenvalue weighted by atomic mass is 35.5. The maximum atomic E-state index is 16.1. The number of carbonyl (C=O) groups excluding carboxylic acids is 2. The van der Waals surface area contributed by atoms with Gasteiger partial charge in [-0.05, 0) is 97.5 Å². The predicted molar refractivity (Wildman–Crippen MR) is 219 cm³/mol. The van der Waals surface area contributed by atoms with E-state index in [-0.39, 0.29) is 60.4 Å². The Morgan fingerprint density at radius 3 is 2.48 bits per heavy atom. The first-order valence-electron chi connectivity index (χ1n) is 19.4. The quantitative estimate of drug-likeness (QED) is 0.0893. The number of benzene rings is 4. The minimum absolute atomic E-state index is 0. The Balaban J connectivity index is 0.00000512. The predicted octanol–water partition coefficient (Wildman–Crippen LogP) is 7.56. The fourth-order valence-corrected chi connectivity index (χ4v) is 8.11. The number of hydrogen-bond donors (Lipinski definition) is 5. The first-order chi connectivity index (χ1) is 27.6. The third-order valence-corrected chi connectivity index (χ3v) is 11.2. The number of piperidine rings is 1. The van der Waals surface area contributed by atoms with E-state index in [1.807, 2.05) is 6.07 Å². The topological polar surface area (TPSA) is 170 Å². The molecule has 1 saturated heterocycles. The first-order valence-corrected chi connectivity index (χ1v) is 19.4. The van der Waals surface area contributed by atoms with E-state index in [1.165, 1.54) is 12.1 Å². The monoisotopic (exact) mass is 809 g/mol. The SMILES string of the molecule is Cl.O=C(NC(Cc1c[nH]c2ccc(O)cc12)C(=O)O)c1ccc2c(c1)nc(-c1ccc(OCc3cccc(C(=O)N4CCC(O)CC4)c3)cc1F)n2C1CCCCC1. The molecule has 5 N–H and O–H groups in total. The van der Waals surface area contributed by atoms with Crippen LogP contribution in [0.2, 0.25) is 0 Å². The number of nitrogens with one attached hydrogen (secondary N) is 2. The Morgan fingerprint density at radius 2 is 1.72 bits per heavy atom. The van der Waals surface area contributed by atoms with Crippen molar-refractivity contribution in [2.24, 2.45) is 0 Å². The lowest BCUT2D eigenvalue weighted by atomic mass is 9.94. The van der Waals surface area contributed by atoms with E-state index < -0.39 is 23.7 Å².